The number of piperazine rings is 1. The molecule has 2 heterocycles. The van der Waals surface area contributed by atoms with Gasteiger partial charge in [-0.2, -0.15) is 0 Å². The number of hydrogen-bond acceptors (Lipinski definition) is 3. The van der Waals surface area contributed by atoms with E-state index in [2.05, 4.69) is 23.3 Å². The smallest absolute Gasteiger partial charge is 0.279 e. The van der Waals surface area contributed by atoms with Gasteiger partial charge in [-0.3, -0.25) is 4.79 Å². The van der Waals surface area contributed by atoms with Crippen molar-refractivity contribution >= 4 is 11.6 Å². The standard InChI is InChI=1S/C24H27FN4O2/c1-17-4-3-5-21(18(17)2)27-23(30)15-28-10-12-29(13-11-28)16-24-26-14-22(31-24)19-6-8-20(25)9-7-19/h3-9,14H,10-13,15-16H2,1-2H3,(H,27,30)/p+2. The number of nitrogens with one attached hydrogen (secondary N) is 3. The van der Waals surface area contributed by atoms with Gasteiger partial charge in [0.2, 0.25) is 0 Å². The zero-order valence-corrected chi connectivity index (χ0v) is 18.0. The van der Waals surface area contributed by atoms with Gasteiger partial charge < -0.3 is 19.5 Å². The van der Waals surface area contributed by atoms with Gasteiger partial charge in [0.15, 0.2) is 18.8 Å². The second-order valence-electron chi connectivity index (χ2n) is 8.27. The summed E-state index contributed by atoms with van der Waals surface area (Å²) in [4.78, 5) is 19.6. The Morgan fingerprint density at radius 3 is 2.52 bits per heavy atom. The molecule has 31 heavy (non-hydrogen) atoms. The van der Waals surface area contributed by atoms with Crippen molar-refractivity contribution < 1.29 is 23.4 Å². The molecule has 0 bridgehead atoms. The number of nitrogens with zero attached hydrogens (tertiary/aromatic N) is 1. The van der Waals surface area contributed by atoms with Gasteiger partial charge in [-0.1, -0.05) is 12.1 Å². The van der Waals surface area contributed by atoms with Crippen molar-refractivity contribution in [3.8, 4) is 11.3 Å². The number of amides is 1. The molecule has 1 aliphatic heterocycles. The van der Waals surface area contributed by atoms with Crippen LogP contribution in [0.3, 0.4) is 0 Å². The van der Waals surface area contributed by atoms with E-state index in [1.807, 2.05) is 19.1 Å². The number of rotatable bonds is 6. The van der Waals surface area contributed by atoms with Crippen molar-refractivity contribution in [3.05, 3.63) is 71.5 Å². The molecular formula is C24H29FN4O2+2. The first kappa shape index (κ1) is 21.2. The minimum absolute atomic E-state index is 0.0591. The number of benzene rings is 2. The number of aryl methyl sites for hydroxylation is 1. The van der Waals surface area contributed by atoms with Crippen LogP contribution >= 0.6 is 0 Å². The maximum atomic E-state index is 13.1. The van der Waals surface area contributed by atoms with E-state index in [0.717, 1.165) is 43.0 Å². The van der Waals surface area contributed by atoms with Crippen molar-refractivity contribution in [1.29, 1.82) is 0 Å². The third-order valence-corrected chi connectivity index (χ3v) is 6.04. The van der Waals surface area contributed by atoms with E-state index in [1.165, 1.54) is 27.5 Å². The minimum Gasteiger partial charge on any atom is -0.435 e. The molecule has 1 fully saturated rings. The maximum Gasteiger partial charge on any atom is 0.279 e. The number of anilines is 1. The summed E-state index contributed by atoms with van der Waals surface area (Å²) in [6.07, 6.45) is 1.70. The van der Waals surface area contributed by atoms with Crippen molar-refractivity contribution in [1.82, 2.24) is 4.98 Å². The lowest BCUT2D eigenvalue weighted by Gasteiger charge is -2.28. The average Bonchev–Trinajstić information content (AvgIpc) is 3.22. The first-order valence-electron chi connectivity index (χ1n) is 10.7. The van der Waals surface area contributed by atoms with Crippen LogP contribution in [0.15, 0.2) is 53.1 Å². The van der Waals surface area contributed by atoms with Crippen LogP contribution in [0.4, 0.5) is 10.1 Å². The molecule has 3 aromatic rings. The molecule has 1 saturated heterocycles. The summed E-state index contributed by atoms with van der Waals surface area (Å²) in [5, 5.41) is 3.06. The van der Waals surface area contributed by atoms with Crippen LogP contribution in [0.25, 0.3) is 11.3 Å². The molecule has 0 unspecified atom stereocenters. The van der Waals surface area contributed by atoms with Gasteiger partial charge >= 0.3 is 0 Å². The Hall–Kier alpha value is -3.03. The summed E-state index contributed by atoms with van der Waals surface area (Å²) in [7, 11) is 0. The van der Waals surface area contributed by atoms with Crippen LogP contribution in [0.5, 0.6) is 0 Å². The first-order chi connectivity index (χ1) is 15.0. The van der Waals surface area contributed by atoms with Crippen LogP contribution in [-0.4, -0.2) is 43.6 Å². The third kappa shape index (κ3) is 5.37. The van der Waals surface area contributed by atoms with Crippen LogP contribution in [-0.2, 0) is 11.3 Å². The third-order valence-electron chi connectivity index (χ3n) is 6.04. The average molecular weight is 425 g/mol. The normalized spacial score (nSPS) is 18.7. The number of carbonyl (C=O) groups excluding carboxylic acids is 1. The molecule has 7 heteroatoms. The highest BCUT2D eigenvalue weighted by Crippen LogP contribution is 2.20. The Kier molecular flexibility index (Phi) is 6.44. The van der Waals surface area contributed by atoms with Crippen molar-refractivity contribution in [2.24, 2.45) is 0 Å². The van der Waals surface area contributed by atoms with Crippen LogP contribution in [0.2, 0.25) is 0 Å². The van der Waals surface area contributed by atoms with Crippen LogP contribution in [0.1, 0.15) is 17.0 Å². The lowest BCUT2D eigenvalue weighted by atomic mass is 10.1. The molecule has 0 saturated carbocycles. The largest absolute Gasteiger partial charge is 0.435 e. The fourth-order valence-corrected chi connectivity index (χ4v) is 3.97. The van der Waals surface area contributed by atoms with Crippen LogP contribution < -0.4 is 15.1 Å². The Morgan fingerprint density at radius 2 is 1.77 bits per heavy atom. The fraction of sp³-hybridized carbons (Fsp3) is 0.333. The monoisotopic (exact) mass is 424 g/mol. The minimum atomic E-state index is -0.268. The molecular weight excluding hydrogens is 395 g/mol. The van der Waals surface area contributed by atoms with Gasteiger partial charge in [0, 0.05) is 11.3 Å². The quantitative estimate of drug-likeness (QED) is 0.554. The Morgan fingerprint density at radius 1 is 1.06 bits per heavy atom. The Bertz CT molecular complexity index is 1040. The van der Waals surface area contributed by atoms with E-state index in [1.54, 1.807) is 18.3 Å². The molecule has 162 valence electrons. The summed E-state index contributed by atoms with van der Waals surface area (Å²) in [5.74, 6) is 1.13. The molecule has 0 atom stereocenters. The lowest BCUT2D eigenvalue weighted by Crippen LogP contribution is -3.28. The van der Waals surface area contributed by atoms with Gasteiger partial charge in [-0.05, 0) is 55.3 Å². The lowest BCUT2D eigenvalue weighted by molar-refractivity contribution is -1.02. The summed E-state index contributed by atoms with van der Waals surface area (Å²) >= 11 is 0. The Balaban J connectivity index is 1.25. The molecule has 0 aliphatic carbocycles. The molecule has 2 aromatic carbocycles. The van der Waals surface area contributed by atoms with Crippen molar-refractivity contribution in [3.63, 3.8) is 0 Å². The maximum absolute atomic E-state index is 13.1. The molecule has 6 nitrogen and oxygen atoms in total. The first-order valence-corrected chi connectivity index (χ1v) is 10.7. The summed E-state index contributed by atoms with van der Waals surface area (Å²) in [5.41, 5.74) is 4.01. The number of aromatic nitrogens is 1. The number of oxazole rings is 1. The summed E-state index contributed by atoms with van der Waals surface area (Å²) in [6, 6.07) is 12.2. The van der Waals surface area contributed by atoms with Crippen LogP contribution in [0, 0.1) is 19.7 Å². The van der Waals surface area contributed by atoms with E-state index >= 15 is 0 Å². The van der Waals surface area contributed by atoms with E-state index in [9.17, 15) is 9.18 Å². The predicted molar refractivity (Wildman–Crippen MR) is 116 cm³/mol. The predicted octanol–water partition coefficient (Wildman–Crippen LogP) is 1.02. The summed E-state index contributed by atoms with van der Waals surface area (Å²) < 4.78 is 19.0. The van der Waals surface area contributed by atoms with E-state index in [-0.39, 0.29) is 11.7 Å². The molecule has 0 spiro atoms. The summed E-state index contributed by atoms with van der Waals surface area (Å²) in [6.45, 7) is 9.05. The zero-order chi connectivity index (χ0) is 21.8. The zero-order valence-electron chi connectivity index (χ0n) is 18.0. The molecule has 1 amide bonds. The number of carbonyl (C=O) groups is 1. The second kappa shape index (κ2) is 9.41. The molecule has 0 radical (unpaired) electrons. The van der Waals surface area contributed by atoms with E-state index in [0.29, 0.717) is 24.7 Å². The Labute approximate surface area is 181 Å². The number of quaternary nitrogens is 2. The van der Waals surface area contributed by atoms with Gasteiger partial charge in [0.1, 0.15) is 32.0 Å². The molecule has 1 aliphatic rings. The van der Waals surface area contributed by atoms with E-state index < -0.39 is 0 Å². The van der Waals surface area contributed by atoms with Crippen molar-refractivity contribution in [2.45, 2.75) is 20.4 Å². The highest BCUT2D eigenvalue weighted by Gasteiger charge is 2.26. The SMILES string of the molecule is Cc1cccc(NC(=O)C[NH+]2CC[NH+](Cc3ncc(-c4ccc(F)cc4)o3)CC2)c1C. The highest BCUT2D eigenvalue weighted by atomic mass is 19.1. The number of hydrogen-bond donors (Lipinski definition) is 3. The van der Waals surface area contributed by atoms with Gasteiger partial charge in [-0.25, -0.2) is 9.37 Å². The molecule has 3 N–H and O–H groups in total. The van der Waals surface area contributed by atoms with Gasteiger partial charge in [0.05, 0.1) is 6.20 Å². The topological polar surface area (TPSA) is 64.0 Å². The molecule has 1 aromatic heterocycles. The fourth-order valence-electron chi connectivity index (χ4n) is 3.97. The van der Waals surface area contributed by atoms with Gasteiger partial charge in [0.25, 0.3) is 11.8 Å². The second-order valence-corrected chi connectivity index (χ2v) is 8.27. The van der Waals surface area contributed by atoms with E-state index in [4.69, 9.17) is 4.42 Å². The van der Waals surface area contributed by atoms with Gasteiger partial charge in [-0.15, -0.1) is 0 Å². The number of halogens is 1. The highest BCUT2D eigenvalue weighted by molar-refractivity contribution is 5.92. The molecule has 4 rings (SSSR count). The van der Waals surface area contributed by atoms with Crippen molar-refractivity contribution in [2.75, 3.05) is 38.0 Å².